The van der Waals surface area contributed by atoms with Gasteiger partial charge in [0.2, 0.25) is 0 Å². The summed E-state index contributed by atoms with van der Waals surface area (Å²) in [6.07, 6.45) is 2.63. The number of benzene rings is 1. The van der Waals surface area contributed by atoms with E-state index in [-0.39, 0.29) is 24.0 Å². The Labute approximate surface area is 182 Å². The summed E-state index contributed by atoms with van der Waals surface area (Å²) in [6.45, 7) is 2.50. The van der Waals surface area contributed by atoms with Crippen LogP contribution in [0.2, 0.25) is 5.15 Å². The van der Waals surface area contributed by atoms with E-state index in [4.69, 9.17) is 21.1 Å². The number of ether oxygens (including phenoxy) is 2. The van der Waals surface area contributed by atoms with E-state index in [0.29, 0.717) is 24.9 Å². The van der Waals surface area contributed by atoms with Crippen molar-refractivity contribution < 1.29 is 9.47 Å². The standard InChI is InChI=1S/C19H25ClN4O2.HI/c1-21-19(22-10-9-15-7-8-18(20)24-13-15)23-11-12-26-14-16-5-3-4-6-17(16)25-2;/h3-8,13H,9-12,14H2,1-2H3,(H2,21,22,23);1H. The van der Waals surface area contributed by atoms with Gasteiger partial charge < -0.3 is 20.1 Å². The quantitative estimate of drug-likeness (QED) is 0.180. The highest BCUT2D eigenvalue weighted by molar-refractivity contribution is 14.0. The number of aromatic nitrogens is 1. The molecular formula is C19H26ClIN4O2. The number of pyridine rings is 1. The van der Waals surface area contributed by atoms with Gasteiger partial charge in [0.1, 0.15) is 10.9 Å². The Bertz CT molecular complexity index is 698. The van der Waals surface area contributed by atoms with Crippen molar-refractivity contribution in [1.82, 2.24) is 15.6 Å². The number of methoxy groups -OCH3 is 1. The highest BCUT2D eigenvalue weighted by Gasteiger charge is 2.02. The average molecular weight is 505 g/mol. The fraction of sp³-hybridized carbons (Fsp3) is 0.368. The molecule has 2 aromatic rings. The molecule has 148 valence electrons. The van der Waals surface area contributed by atoms with Crippen LogP contribution in [0.25, 0.3) is 0 Å². The van der Waals surface area contributed by atoms with Crippen LogP contribution in [-0.2, 0) is 17.8 Å². The summed E-state index contributed by atoms with van der Waals surface area (Å²) in [6, 6.07) is 11.6. The third kappa shape index (κ3) is 8.77. The number of para-hydroxylation sites is 1. The molecular weight excluding hydrogens is 479 g/mol. The second-order valence-electron chi connectivity index (χ2n) is 5.53. The van der Waals surface area contributed by atoms with Gasteiger partial charge in [-0.1, -0.05) is 35.9 Å². The van der Waals surface area contributed by atoms with Crippen molar-refractivity contribution in [1.29, 1.82) is 0 Å². The first-order valence-corrected chi connectivity index (χ1v) is 8.85. The van der Waals surface area contributed by atoms with Gasteiger partial charge in [-0.2, -0.15) is 0 Å². The van der Waals surface area contributed by atoms with Crippen LogP contribution in [0.1, 0.15) is 11.1 Å². The Morgan fingerprint density at radius 1 is 1.15 bits per heavy atom. The number of halogens is 2. The minimum absolute atomic E-state index is 0. The highest BCUT2D eigenvalue weighted by Crippen LogP contribution is 2.17. The van der Waals surface area contributed by atoms with Crippen molar-refractivity contribution in [2.45, 2.75) is 13.0 Å². The molecule has 6 nitrogen and oxygen atoms in total. The minimum Gasteiger partial charge on any atom is -0.496 e. The van der Waals surface area contributed by atoms with Gasteiger partial charge in [0, 0.05) is 31.9 Å². The zero-order valence-corrected chi connectivity index (χ0v) is 18.7. The molecule has 27 heavy (non-hydrogen) atoms. The molecule has 0 saturated carbocycles. The Hall–Kier alpha value is -1.58. The lowest BCUT2D eigenvalue weighted by atomic mass is 10.2. The molecule has 1 heterocycles. The molecule has 0 saturated heterocycles. The van der Waals surface area contributed by atoms with Gasteiger partial charge in [-0.25, -0.2) is 4.98 Å². The van der Waals surface area contributed by atoms with E-state index in [0.717, 1.165) is 35.8 Å². The molecule has 0 amide bonds. The Morgan fingerprint density at radius 3 is 2.63 bits per heavy atom. The van der Waals surface area contributed by atoms with Crippen molar-refractivity contribution in [3.63, 3.8) is 0 Å². The van der Waals surface area contributed by atoms with E-state index >= 15 is 0 Å². The maximum Gasteiger partial charge on any atom is 0.191 e. The number of guanidine groups is 1. The van der Waals surface area contributed by atoms with Crippen LogP contribution in [-0.4, -0.2) is 44.8 Å². The number of nitrogens with zero attached hydrogens (tertiary/aromatic N) is 2. The van der Waals surface area contributed by atoms with Crippen molar-refractivity contribution in [2.24, 2.45) is 4.99 Å². The molecule has 2 N–H and O–H groups in total. The van der Waals surface area contributed by atoms with Gasteiger partial charge in [0.25, 0.3) is 0 Å². The number of aliphatic imine (C=N–C) groups is 1. The van der Waals surface area contributed by atoms with E-state index in [1.807, 2.05) is 30.3 Å². The molecule has 0 aliphatic rings. The van der Waals surface area contributed by atoms with Crippen LogP contribution in [0.5, 0.6) is 5.75 Å². The third-order valence-corrected chi connectivity index (χ3v) is 3.93. The summed E-state index contributed by atoms with van der Waals surface area (Å²) in [5, 5.41) is 6.99. The first-order chi connectivity index (χ1) is 12.7. The van der Waals surface area contributed by atoms with Gasteiger partial charge in [0.15, 0.2) is 5.96 Å². The molecule has 1 aromatic carbocycles. The summed E-state index contributed by atoms with van der Waals surface area (Å²) >= 11 is 5.78. The molecule has 2 rings (SSSR count). The smallest absolute Gasteiger partial charge is 0.191 e. The normalized spacial score (nSPS) is 10.9. The lowest BCUT2D eigenvalue weighted by molar-refractivity contribution is 0.123. The minimum atomic E-state index is 0. The molecule has 0 aliphatic heterocycles. The number of hydrogen-bond acceptors (Lipinski definition) is 4. The van der Waals surface area contributed by atoms with E-state index in [2.05, 4.69) is 20.6 Å². The zero-order chi connectivity index (χ0) is 18.6. The predicted octanol–water partition coefficient (Wildman–Crippen LogP) is 3.29. The summed E-state index contributed by atoms with van der Waals surface area (Å²) in [5.74, 6) is 1.59. The molecule has 0 bridgehead atoms. The molecule has 0 unspecified atom stereocenters. The van der Waals surface area contributed by atoms with E-state index < -0.39 is 0 Å². The molecule has 0 radical (unpaired) electrons. The summed E-state index contributed by atoms with van der Waals surface area (Å²) < 4.78 is 11.0. The molecule has 1 aromatic heterocycles. The topological polar surface area (TPSA) is 67.8 Å². The van der Waals surface area contributed by atoms with Crippen molar-refractivity contribution >= 4 is 41.5 Å². The van der Waals surface area contributed by atoms with Crippen LogP contribution < -0.4 is 15.4 Å². The lowest BCUT2D eigenvalue weighted by Crippen LogP contribution is -2.39. The van der Waals surface area contributed by atoms with Crippen molar-refractivity contribution in [3.8, 4) is 5.75 Å². The second kappa shape index (κ2) is 13.6. The largest absolute Gasteiger partial charge is 0.496 e. The van der Waals surface area contributed by atoms with Gasteiger partial charge in [0.05, 0.1) is 20.3 Å². The first kappa shape index (κ1) is 23.5. The molecule has 8 heteroatoms. The molecule has 0 spiro atoms. The lowest BCUT2D eigenvalue weighted by Gasteiger charge is -2.13. The van der Waals surface area contributed by atoms with Gasteiger partial charge in [-0.3, -0.25) is 4.99 Å². The number of nitrogens with one attached hydrogen (secondary N) is 2. The van der Waals surface area contributed by atoms with Crippen LogP contribution in [0.3, 0.4) is 0 Å². The Kier molecular flexibility index (Phi) is 11.8. The van der Waals surface area contributed by atoms with Gasteiger partial charge >= 0.3 is 0 Å². The fourth-order valence-corrected chi connectivity index (χ4v) is 2.46. The molecule has 0 fully saturated rings. The van der Waals surface area contributed by atoms with Crippen LogP contribution >= 0.6 is 35.6 Å². The van der Waals surface area contributed by atoms with E-state index in [1.54, 1.807) is 26.4 Å². The maximum atomic E-state index is 5.78. The van der Waals surface area contributed by atoms with Gasteiger partial charge in [-0.05, 0) is 24.1 Å². The second-order valence-corrected chi connectivity index (χ2v) is 5.92. The first-order valence-electron chi connectivity index (χ1n) is 8.47. The maximum absolute atomic E-state index is 5.78. The zero-order valence-electron chi connectivity index (χ0n) is 15.6. The Balaban J connectivity index is 0.00000364. The SMILES string of the molecule is CN=C(NCCOCc1ccccc1OC)NCCc1ccc(Cl)nc1.I. The van der Waals surface area contributed by atoms with Gasteiger partial charge in [-0.15, -0.1) is 24.0 Å². The predicted molar refractivity (Wildman–Crippen MR) is 120 cm³/mol. The fourth-order valence-electron chi connectivity index (χ4n) is 2.35. The van der Waals surface area contributed by atoms with Crippen molar-refractivity contribution in [3.05, 3.63) is 58.9 Å². The summed E-state index contributed by atoms with van der Waals surface area (Å²) in [4.78, 5) is 8.27. The summed E-state index contributed by atoms with van der Waals surface area (Å²) in [7, 11) is 3.41. The van der Waals surface area contributed by atoms with Crippen molar-refractivity contribution in [2.75, 3.05) is 33.9 Å². The monoisotopic (exact) mass is 504 g/mol. The molecule has 0 atom stereocenters. The highest BCUT2D eigenvalue weighted by atomic mass is 127. The van der Waals surface area contributed by atoms with Crippen LogP contribution in [0.4, 0.5) is 0 Å². The van der Waals surface area contributed by atoms with Crippen LogP contribution in [0.15, 0.2) is 47.6 Å². The Morgan fingerprint density at radius 2 is 1.93 bits per heavy atom. The molecule has 0 aliphatic carbocycles. The number of rotatable bonds is 9. The third-order valence-electron chi connectivity index (χ3n) is 3.71. The number of hydrogen-bond donors (Lipinski definition) is 2. The summed E-state index contributed by atoms with van der Waals surface area (Å²) in [5.41, 5.74) is 2.16. The van der Waals surface area contributed by atoms with E-state index in [9.17, 15) is 0 Å². The average Bonchev–Trinajstić information content (AvgIpc) is 2.68. The van der Waals surface area contributed by atoms with Crippen LogP contribution in [0, 0.1) is 0 Å². The van der Waals surface area contributed by atoms with E-state index in [1.165, 1.54) is 0 Å².